The number of fused-ring (bicyclic) bond motifs is 1. The van der Waals surface area contributed by atoms with Crippen LogP contribution in [0.2, 0.25) is 0 Å². The number of para-hydroxylation sites is 1. The quantitative estimate of drug-likeness (QED) is 0.437. The van der Waals surface area contributed by atoms with Gasteiger partial charge >= 0.3 is 0 Å². The standard InChI is InChI=1S/C32H37N3O4S/c36-40(37,25-27-11-5-2-6-12-27)35-29(16-15-28-13-7-8-14-31(28)35)22-33-17-19-34(20-18-33)32-24-38-30(23-39-32)21-26-9-3-1-4-10-26/h1-3,5-9,11-14,23-24,29H,4,10,15-22,25H2. The van der Waals surface area contributed by atoms with Crippen molar-refractivity contribution in [2.45, 2.75) is 43.9 Å². The molecule has 7 nitrogen and oxygen atoms in total. The van der Waals surface area contributed by atoms with Crippen LogP contribution in [0.15, 0.2) is 103 Å². The first-order valence-electron chi connectivity index (χ1n) is 14.2. The van der Waals surface area contributed by atoms with E-state index in [-0.39, 0.29) is 11.8 Å². The summed E-state index contributed by atoms with van der Waals surface area (Å²) in [4.78, 5) is 4.58. The summed E-state index contributed by atoms with van der Waals surface area (Å²) in [6, 6.07) is 17.3. The minimum Gasteiger partial charge on any atom is -0.460 e. The molecule has 2 aromatic rings. The Morgan fingerprint density at radius 1 is 0.875 bits per heavy atom. The molecular weight excluding hydrogens is 522 g/mol. The van der Waals surface area contributed by atoms with E-state index < -0.39 is 10.0 Å². The highest BCUT2D eigenvalue weighted by molar-refractivity contribution is 7.92. The second kappa shape index (κ2) is 11.9. The first kappa shape index (κ1) is 26.7. The lowest BCUT2D eigenvalue weighted by Crippen LogP contribution is -2.54. The number of nitrogens with zero attached hydrogens (tertiary/aromatic N) is 3. The molecule has 1 fully saturated rings. The number of hydrogen-bond acceptors (Lipinski definition) is 6. The van der Waals surface area contributed by atoms with Crippen molar-refractivity contribution in [1.29, 1.82) is 0 Å². The van der Waals surface area contributed by atoms with Gasteiger partial charge in [-0.15, -0.1) is 0 Å². The predicted octanol–water partition coefficient (Wildman–Crippen LogP) is 5.31. The number of ether oxygens (including phenoxy) is 2. The zero-order valence-corrected chi connectivity index (χ0v) is 23.6. The van der Waals surface area contributed by atoms with E-state index in [0.717, 1.165) is 86.7 Å². The molecule has 210 valence electrons. The number of benzene rings is 2. The van der Waals surface area contributed by atoms with Crippen LogP contribution >= 0.6 is 0 Å². The van der Waals surface area contributed by atoms with Crippen LogP contribution in [0.1, 0.15) is 36.8 Å². The molecule has 40 heavy (non-hydrogen) atoms. The number of aryl methyl sites for hydroxylation is 1. The highest BCUT2D eigenvalue weighted by atomic mass is 32.2. The van der Waals surface area contributed by atoms with Gasteiger partial charge in [0.1, 0.15) is 12.0 Å². The number of allylic oxidation sites excluding steroid dienone is 4. The average Bonchev–Trinajstić information content (AvgIpc) is 2.98. The van der Waals surface area contributed by atoms with Gasteiger partial charge in [-0.3, -0.25) is 9.21 Å². The molecule has 0 bridgehead atoms. The maximum Gasteiger partial charge on any atom is 0.239 e. The third-order valence-corrected chi connectivity index (χ3v) is 9.87. The van der Waals surface area contributed by atoms with Gasteiger partial charge in [0.2, 0.25) is 15.9 Å². The third-order valence-electron chi connectivity index (χ3n) is 8.08. The normalized spacial score (nSPS) is 21.5. The molecule has 1 saturated heterocycles. The summed E-state index contributed by atoms with van der Waals surface area (Å²) >= 11 is 0. The van der Waals surface area contributed by atoms with Gasteiger partial charge in [-0.2, -0.15) is 0 Å². The lowest BCUT2D eigenvalue weighted by Gasteiger charge is -2.42. The Hall–Kier alpha value is -3.49. The van der Waals surface area contributed by atoms with Crippen molar-refractivity contribution in [2.75, 3.05) is 37.0 Å². The van der Waals surface area contributed by atoms with E-state index in [9.17, 15) is 8.42 Å². The van der Waals surface area contributed by atoms with Gasteiger partial charge in [0.25, 0.3) is 0 Å². The van der Waals surface area contributed by atoms with Crippen LogP contribution in [0.3, 0.4) is 0 Å². The lowest BCUT2D eigenvalue weighted by molar-refractivity contribution is 0.0802. The zero-order chi connectivity index (χ0) is 27.4. The first-order chi connectivity index (χ1) is 19.5. The van der Waals surface area contributed by atoms with E-state index in [1.54, 1.807) is 16.8 Å². The molecular formula is C32H37N3O4S. The summed E-state index contributed by atoms with van der Waals surface area (Å²) in [7, 11) is -3.56. The van der Waals surface area contributed by atoms with E-state index in [1.807, 2.05) is 48.5 Å². The molecule has 6 rings (SSSR count). The molecule has 2 aromatic carbocycles. The average molecular weight is 560 g/mol. The van der Waals surface area contributed by atoms with Gasteiger partial charge in [0.05, 0.1) is 17.5 Å². The molecule has 3 aliphatic heterocycles. The van der Waals surface area contributed by atoms with E-state index in [4.69, 9.17) is 9.47 Å². The fraction of sp³-hybridized carbons (Fsp3) is 0.375. The molecule has 0 aromatic heterocycles. The minimum absolute atomic E-state index is 0.00143. The molecule has 1 unspecified atom stereocenters. The Labute approximate surface area is 237 Å². The van der Waals surface area contributed by atoms with Crippen LogP contribution in [0.25, 0.3) is 0 Å². The number of hydrogen-bond donors (Lipinski definition) is 0. The molecule has 0 saturated carbocycles. The molecule has 0 radical (unpaired) electrons. The maximum absolute atomic E-state index is 13.8. The third kappa shape index (κ3) is 6.13. The van der Waals surface area contributed by atoms with E-state index in [0.29, 0.717) is 6.54 Å². The Balaban J connectivity index is 1.08. The van der Waals surface area contributed by atoms with Crippen LogP contribution in [0, 0.1) is 0 Å². The smallest absolute Gasteiger partial charge is 0.239 e. The van der Waals surface area contributed by atoms with Crippen LogP contribution in [0.4, 0.5) is 5.69 Å². The van der Waals surface area contributed by atoms with Crippen molar-refractivity contribution in [3.63, 3.8) is 0 Å². The highest BCUT2D eigenvalue weighted by Crippen LogP contribution is 2.35. The van der Waals surface area contributed by atoms with Crippen LogP contribution in [0.5, 0.6) is 0 Å². The largest absolute Gasteiger partial charge is 0.460 e. The zero-order valence-electron chi connectivity index (χ0n) is 22.8. The lowest BCUT2D eigenvalue weighted by atomic mass is 9.97. The number of rotatable bonds is 8. The maximum atomic E-state index is 13.8. The van der Waals surface area contributed by atoms with Gasteiger partial charge in [0, 0.05) is 39.1 Å². The number of piperazine rings is 1. The molecule has 4 aliphatic rings. The van der Waals surface area contributed by atoms with Crippen molar-refractivity contribution in [3.8, 4) is 0 Å². The van der Waals surface area contributed by atoms with Crippen molar-refractivity contribution in [3.05, 3.63) is 114 Å². The predicted molar refractivity (Wildman–Crippen MR) is 158 cm³/mol. The Morgan fingerprint density at radius 3 is 2.42 bits per heavy atom. The minimum atomic E-state index is -3.56. The van der Waals surface area contributed by atoms with Crippen LogP contribution < -0.4 is 4.31 Å². The first-order valence-corrected chi connectivity index (χ1v) is 15.8. The molecule has 0 spiro atoms. The van der Waals surface area contributed by atoms with E-state index in [1.165, 1.54) is 5.57 Å². The molecule has 8 heteroatoms. The Bertz CT molecular complexity index is 1420. The molecule has 1 aliphatic carbocycles. The fourth-order valence-electron chi connectivity index (χ4n) is 5.98. The van der Waals surface area contributed by atoms with E-state index in [2.05, 4.69) is 34.1 Å². The fourth-order valence-corrected chi connectivity index (χ4v) is 7.84. The summed E-state index contributed by atoms with van der Waals surface area (Å²) in [6.07, 6.45) is 14.5. The van der Waals surface area contributed by atoms with Gasteiger partial charge in [0.15, 0.2) is 6.26 Å². The summed E-state index contributed by atoms with van der Waals surface area (Å²) in [5, 5.41) is 0. The van der Waals surface area contributed by atoms with Gasteiger partial charge in [-0.25, -0.2) is 8.42 Å². The van der Waals surface area contributed by atoms with Gasteiger partial charge in [-0.1, -0.05) is 72.3 Å². The van der Waals surface area contributed by atoms with E-state index >= 15 is 0 Å². The van der Waals surface area contributed by atoms with Crippen molar-refractivity contribution in [1.82, 2.24) is 9.80 Å². The number of anilines is 1. The molecule has 0 N–H and O–H groups in total. The van der Waals surface area contributed by atoms with Crippen LogP contribution in [-0.2, 0) is 31.7 Å². The van der Waals surface area contributed by atoms with Crippen molar-refractivity contribution >= 4 is 15.7 Å². The topological polar surface area (TPSA) is 62.3 Å². The van der Waals surface area contributed by atoms with Gasteiger partial charge in [-0.05, 0) is 42.9 Å². The molecule has 1 atom stereocenters. The SMILES string of the molecule is O=S(=O)(Cc1ccccc1)N1c2ccccc2CCC1CN1CCN(C2=COC(CC3=CC=CCC3)=CO2)CC1. The summed E-state index contributed by atoms with van der Waals surface area (Å²) in [5.41, 5.74) is 4.09. The second-order valence-corrected chi connectivity index (χ2v) is 12.7. The van der Waals surface area contributed by atoms with Gasteiger partial charge < -0.3 is 14.4 Å². The van der Waals surface area contributed by atoms with Crippen molar-refractivity contribution in [2.24, 2.45) is 0 Å². The number of sulfonamides is 1. The molecule has 3 heterocycles. The highest BCUT2D eigenvalue weighted by Gasteiger charge is 2.36. The second-order valence-electron chi connectivity index (χ2n) is 10.9. The summed E-state index contributed by atoms with van der Waals surface area (Å²) < 4.78 is 41.2. The summed E-state index contributed by atoms with van der Waals surface area (Å²) in [6.45, 7) is 3.98. The van der Waals surface area contributed by atoms with Crippen molar-refractivity contribution < 1.29 is 17.9 Å². The molecule has 0 amide bonds. The monoisotopic (exact) mass is 559 g/mol. The summed E-state index contributed by atoms with van der Waals surface area (Å²) in [5.74, 6) is 1.57. The Kier molecular flexibility index (Phi) is 7.98. The van der Waals surface area contributed by atoms with Crippen LogP contribution in [-0.4, -0.2) is 57.0 Å². The Morgan fingerprint density at radius 2 is 1.68 bits per heavy atom.